The Bertz CT molecular complexity index is 875. The van der Waals surface area contributed by atoms with Crippen molar-refractivity contribution >= 4 is 22.5 Å². The summed E-state index contributed by atoms with van der Waals surface area (Å²) in [7, 11) is 0. The molecule has 0 saturated carbocycles. The first kappa shape index (κ1) is 11.1. The van der Waals surface area contributed by atoms with Crippen molar-refractivity contribution in [1.82, 2.24) is 9.97 Å². The lowest BCUT2D eigenvalue weighted by molar-refractivity contribution is 0.449. The topological polar surface area (TPSA) is 38.3 Å². The van der Waals surface area contributed by atoms with Gasteiger partial charge in [0.2, 0.25) is 0 Å². The second-order valence-electron chi connectivity index (χ2n) is 5.46. The van der Waals surface area contributed by atoms with E-state index in [-0.39, 0.29) is 0 Å². The van der Waals surface area contributed by atoms with Gasteiger partial charge in [-0.15, -0.1) is 0 Å². The van der Waals surface area contributed by atoms with Gasteiger partial charge in [-0.25, -0.2) is 9.97 Å². The van der Waals surface area contributed by atoms with E-state index in [4.69, 9.17) is 9.72 Å². The molecule has 4 nitrogen and oxygen atoms in total. The Labute approximate surface area is 122 Å². The third-order valence-electron chi connectivity index (χ3n) is 4.16. The number of fused-ring (bicyclic) bond motifs is 3. The fourth-order valence-electron chi connectivity index (χ4n) is 3.23. The summed E-state index contributed by atoms with van der Waals surface area (Å²) in [4.78, 5) is 11.7. The molecule has 0 aliphatic carbocycles. The van der Waals surface area contributed by atoms with Crippen LogP contribution in [-0.2, 0) is 6.42 Å². The van der Waals surface area contributed by atoms with E-state index in [1.165, 1.54) is 11.3 Å². The molecule has 3 heterocycles. The Kier molecular flexibility index (Phi) is 2.08. The highest BCUT2D eigenvalue weighted by Crippen LogP contribution is 2.48. The molecule has 0 unspecified atom stereocenters. The number of hydrogen-bond donors (Lipinski definition) is 0. The van der Waals surface area contributed by atoms with Gasteiger partial charge in [-0.3, -0.25) is 0 Å². The van der Waals surface area contributed by atoms with Crippen LogP contribution in [0.25, 0.3) is 11.0 Å². The third kappa shape index (κ3) is 1.50. The van der Waals surface area contributed by atoms with Crippen LogP contribution in [0.4, 0.5) is 11.5 Å². The molecule has 0 amide bonds. The fraction of sp³-hybridized carbons (Fsp3) is 0.176. The summed E-state index contributed by atoms with van der Waals surface area (Å²) in [5.41, 5.74) is 4.28. The van der Waals surface area contributed by atoms with Gasteiger partial charge in [0.15, 0.2) is 11.6 Å². The van der Waals surface area contributed by atoms with Gasteiger partial charge in [0, 0.05) is 6.54 Å². The lowest BCUT2D eigenvalue weighted by atomic mass is 10.0. The molecule has 0 fully saturated rings. The van der Waals surface area contributed by atoms with Crippen LogP contribution in [0.5, 0.6) is 11.6 Å². The molecule has 0 atom stereocenters. The zero-order valence-electron chi connectivity index (χ0n) is 11.4. The van der Waals surface area contributed by atoms with E-state index >= 15 is 0 Å². The normalized spacial score (nSPS) is 15.3. The van der Waals surface area contributed by atoms with Crippen LogP contribution >= 0.6 is 0 Å². The van der Waals surface area contributed by atoms with E-state index in [1.807, 2.05) is 30.3 Å². The molecule has 0 N–H and O–H groups in total. The van der Waals surface area contributed by atoms with E-state index < -0.39 is 0 Å². The van der Waals surface area contributed by atoms with Crippen LogP contribution in [0.1, 0.15) is 12.0 Å². The monoisotopic (exact) mass is 275 g/mol. The molecular weight excluding hydrogens is 262 g/mol. The van der Waals surface area contributed by atoms with Gasteiger partial charge < -0.3 is 9.64 Å². The standard InChI is InChI=1S/C17H13N3O/c1-2-8-13-12(7-1)18-16-17(19-13)21-14-9-3-5-11-6-4-10-20(16)15(11)14/h1-3,5,7-9H,4,6,10H2. The highest BCUT2D eigenvalue weighted by molar-refractivity contribution is 5.83. The first-order chi connectivity index (χ1) is 10.4. The quantitative estimate of drug-likeness (QED) is 0.625. The van der Waals surface area contributed by atoms with Crippen LogP contribution < -0.4 is 9.64 Å². The largest absolute Gasteiger partial charge is 0.434 e. The molecule has 3 aromatic rings. The Balaban J connectivity index is 1.80. The van der Waals surface area contributed by atoms with E-state index in [9.17, 15) is 0 Å². The molecule has 102 valence electrons. The van der Waals surface area contributed by atoms with Crippen molar-refractivity contribution in [3.05, 3.63) is 48.0 Å². The number of rotatable bonds is 0. The third-order valence-corrected chi connectivity index (χ3v) is 4.16. The maximum atomic E-state index is 6.02. The first-order valence-corrected chi connectivity index (χ1v) is 7.24. The molecule has 0 spiro atoms. The minimum absolute atomic E-state index is 0.611. The smallest absolute Gasteiger partial charge is 0.264 e. The number of ether oxygens (including phenoxy) is 1. The van der Waals surface area contributed by atoms with E-state index in [1.54, 1.807) is 0 Å². The summed E-state index contributed by atoms with van der Waals surface area (Å²) >= 11 is 0. The van der Waals surface area contributed by atoms with Gasteiger partial charge in [-0.1, -0.05) is 24.3 Å². The second kappa shape index (κ2) is 3.95. The minimum atomic E-state index is 0.611. The van der Waals surface area contributed by atoms with Crippen molar-refractivity contribution in [2.45, 2.75) is 12.8 Å². The molecule has 0 radical (unpaired) electrons. The predicted octanol–water partition coefficient (Wildman–Crippen LogP) is 3.82. The molecule has 5 rings (SSSR count). The maximum Gasteiger partial charge on any atom is 0.264 e. The Morgan fingerprint density at radius 3 is 2.71 bits per heavy atom. The van der Waals surface area contributed by atoms with Crippen molar-refractivity contribution < 1.29 is 4.74 Å². The zero-order chi connectivity index (χ0) is 13.8. The average molecular weight is 275 g/mol. The number of benzene rings is 2. The van der Waals surface area contributed by atoms with Gasteiger partial charge >= 0.3 is 0 Å². The summed E-state index contributed by atoms with van der Waals surface area (Å²) < 4.78 is 6.02. The van der Waals surface area contributed by atoms with Crippen LogP contribution in [-0.4, -0.2) is 16.5 Å². The molecule has 1 aromatic heterocycles. The number of para-hydroxylation sites is 3. The molecule has 2 aliphatic heterocycles. The first-order valence-electron chi connectivity index (χ1n) is 7.24. The van der Waals surface area contributed by atoms with Gasteiger partial charge in [0.05, 0.1) is 16.7 Å². The lowest BCUT2D eigenvalue weighted by Crippen LogP contribution is -2.28. The molecule has 21 heavy (non-hydrogen) atoms. The van der Waals surface area contributed by atoms with Gasteiger partial charge in [0.1, 0.15) is 0 Å². The summed E-state index contributed by atoms with van der Waals surface area (Å²) in [5.74, 6) is 2.35. The summed E-state index contributed by atoms with van der Waals surface area (Å²) in [6, 6.07) is 14.2. The van der Waals surface area contributed by atoms with Crippen LogP contribution in [0, 0.1) is 0 Å². The second-order valence-corrected chi connectivity index (χ2v) is 5.46. The number of aromatic nitrogens is 2. The number of anilines is 2. The van der Waals surface area contributed by atoms with Crippen molar-refractivity contribution in [3.63, 3.8) is 0 Å². The fourth-order valence-corrected chi connectivity index (χ4v) is 3.23. The highest BCUT2D eigenvalue weighted by Gasteiger charge is 2.31. The van der Waals surface area contributed by atoms with Gasteiger partial charge in [0.25, 0.3) is 5.88 Å². The molecular formula is C17H13N3O. The SMILES string of the molecule is c1cc2c3c(c1)Oc1nc4ccccc4nc1N3CCC2. The number of aryl methyl sites for hydroxylation is 1. The van der Waals surface area contributed by atoms with E-state index in [2.05, 4.69) is 22.0 Å². The molecule has 0 bridgehead atoms. The summed E-state index contributed by atoms with van der Waals surface area (Å²) in [5, 5.41) is 0. The van der Waals surface area contributed by atoms with Crippen LogP contribution in [0.15, 0.2) is 42.5 Å². The molecule has 2 aromatic carbocycles. The van der Waals surface area contributed by atoms with Crippen molar-refractivity contribution in [2.75, 3.05) is 11.4 Å². The van der Waals surface area contributed by atoms with Crippen molar-refractivity contribution in [2.24, 2.45) is 0 Å². The van der Waals surface area contributed by atoms with E-state index in [0.717, 1.165) is 42.0 Å². The Morgan fingerprint density at radius 2 is 1.81 bits per heavy atom. The van der Waals surface area contributed by atoms with Gasteiger partial charge in [-0.05, 0) is 36.6 Å². The molecule has 2 aliphatic rings. The lowest BCUT2D eigenvalue weighted by Gasteiger charge is -2.35. The molecule has 0 saturated heterocycles. The van der Waals surface area contributed by atoms with E-state index in [0.29, 0.717) is 5.88 Å². The number of hydrogen-bond acceptors (Lipinski definition) is 4. The summed E-state index contributed by atoms with van der Waals surface area (Å²) in [6.45, 7) is 0.966. The number of nitrogens with zero attached hydrogens (tertiary/aromatic N) is 3. The maximum absolute atomic E-state index is 6.02. The van der Waals surface area contributed by atoms with Crippen LogP contribution in [0.3, 0.4) is 0 Å². The predicted molar refractivity (Wildman–Crippen MR) is 81.4 cm³/mol. The highest BCUT2D eigenvalue weighted by atomic mass is 16.5. The summed E-state index contributed by atoms with van der Waals surface area (Å²) in [6.07, 6.45) is 2.23. The Hall–Kier alpha value is -2.62. The van der Waals surface area contributed by atoms with Crippen molar-refractivity contribution in [3.8, 4) is 11.6 Å². The van der Waals surface area contributed by atoms with Crippen LogP contribution in [0.2, 0.25) is 0 Å². The van der Waals surface area contributed by atoms with Crippen molar-refractivity contribution in [1.29, 1.82) is 0 Å². The molecule has 4 heteroatoms. The minimum Gasteiger partial charge on any atom is -0.434 e. The average Bonchev–Trinajstić information content (AvgIpc) is 2.54. The Morgan fingerprint density at radius 1 is 0.952 bits per heavy atom. The van der Waals surface area contributed by atoms with Gasteiger partial charge in [-0.2, -0.15) is 0 Å². The zero-order valence-corrected chi connectivity index (χ0v) is 11.4.